The van der Waals surface area contributed by atoms with Gasteiger partial charge < -0.3 is 10.1 Å². The van der Waals surface area contributed by atoms with Gasteiger partial charge in [-0.15, -0.1) is 0 Å². The van der Waals surface area contributed by atoms with Crippen LogP contribution in [0.25, 0.3) is 0 Å². The largest absolute Gasteiger partial charge is 0.497 e. The van der Waals surface area contributed by atoms with Gasteiger partial charge >= 0.3 is 0 Å². The Morgan fingerprint density at radius 3 is 2.67 bits per heavy atom. The summed E-state index contributed by atoms with van der Waals surface area (Å²) in [6, 6.07) is 6.76. The van der Waals surface area contributed by atoms with Crippen molar-refractivity contribution in [2.24, 2.45) is 0 Å². The number of nitrogens with one attached hydrogen (secondary N) is 1. The minimum absolute atomic E-state index is 0.182. The first kappa shape index (κ1) is 15.4. The lowest BCUT2D eigenvalue weighted by molar-refractivity contribution is 0.410. The van der Waals surface area contributed by atoms with E-state index in [-0.39, 0.29) is 11.9 Å². The number of nitrogens with zero attached hydrogens (tertiary/aromatic N) is 1. The van der Waals surface area contributed by atoms with Crippen LogP contribution in [0.2, 0.25) is 0 Å². The molecule has 0 fully saturated rings. The van der Waals surface area contributed by atoms with Crippen molar-refractivity contribution in [2.45, 2.75) is 26.3 Å². The van der Waals surface area contributed by atoms with E-state index in [1.807, 2.05) is 19.2 Å². The zero-order valence-electron chi connectivity index (χ0n) is 12.7. The zero-order valence-corrected chi connectivity index (χ0v) is 12.7. The van der Waals surface area contributed by atoms with E-state index in [0.29, 0.717) is 11.3 Å². The molecule has 2 aromatic rings. The number of methoxy groups -OCH3 is 1. The predicted octanol–water partition coefficient (Wildman–Crippen LogP) is 3.49. The van der Waals surface area contributed by atoms with Gasteiger partial charge in [0.25, 0.3) is 0 Å². The SMILES string of the molecule is CCNC(c1ccc(OC)cc1F)c1ccncc1CC. The van der Waals surface area contributed by atoms with Gasteiger partial charge in [0.2, 0.25) is 0 Å². The number of pyridine rings is 1. The van der Waals surface area contributed by atoms with Crippen LogP contribution in [0.5, 0.6) is 5.75 Å². The van der Waals surface area contributed by atoms with Gasteiger partial charge in [-0.2, -0.15) is 0 Å². The summed E-state index contributed by atoms with van der Waals surface area (Å²) in [4.78, 5) is 4.16. The van der Waals surface area contributed by atoms with E-state index in [1.165, 1.54) is 13.2 Å². The second kappa shape index (κ2) is 7.18. The van der Waals surface area contributed by atoms with Gasteiger partial charge in [0, 0.05) is 24.0 Å². The van der Waals surface area contributed by atoms with Gasteiger partial charge in [-0.05, 0) is 36.2 Å². The van der Waals surface area contributed by atoms with E-state index in [0.717, 1.165) is 24.1 Å². The molecule has 112 valence electrons. The maximum atomic E-state index is 14.4. The van der Waals surface area contributed by atoms with Gasteiger partial charge in [-0.25, -0.2) is 4.39 Å². The van der Waals surface area contributed by atoms with Crippen LogP contribution in [0.15, 0.2) is 36.7 Å². The third kappa shape index (κ3) is 3.39. The molecule has 1 aromatic heterocycles. The Hall–Kier alpha value is -1.94. The summed E-state index contributed by atoms with van der Waals surface area (Å²) < 4.78 is 19.5. The molecule has 0 amide bonds. The molecule has 0 saturated carbocycles. The number of benzene rings is 1. The number of aryl methyl sites for hydroxylation is 1. The fourth-order valence-electron chi connectivity index (χ4n) is 2.48. The molecule has 1 heterocycles. The van der Waals surface area contributed by atoms with Crippen LogP contribution in [0, 0.1) is 5.82 Å². The molecular weight excluding hydrogens is 267 g/mol. The summed E-state index contributed by atoms with van der Waals surface area (Å²) in [5.74, 6) is 0.260. The first-order chi connectivity index (χ1) is 10.2. The van der Waals surface area contributed by atoms with E-state index in [4.69, 9.17) is 4.74 Å². The van der Waals surface area contributed by atoms with Crippen molar-refractivity contribution in [3.05, 3.63) is 59.2 Å². The highest BCUT2D eigenvalue weighted by atomic mass is 19.1. The lowest BCUT2D eigenvalue weighted by Crippen LogP contribution is -2.24. The number of halogens is 1. The lowest BCUT2D eigenvalue weighted by atomic mass is 9.94. The highest BCUT2D eigenvalue weighted by Crippen LogP contribution is 2.29. The fourth-order valence-corrected chi connectivity index (χ4v) is 2.48. The smallest absolute Gasteiger partial charge is 0.132 e. The molecule has 3 nitrogen and oxygen atoms in total. The van der Waals surface area contributed by atoms with Crippen molar-refractivity contribution in [1.29, 1.82) is 0 Å². The number of ether oxygens (including phenoxy) is 1. The third-order valence-corrected chi connectivity index (χ3v) is 3.56. The van der Waals surface area contributed by atoms with Crippen molar-refractivity contribution in [3.8, 4) is 5.75 Å². The molecule has 0 radical (unpaired) electrons. The summed E-state index contributed by atoms with van der Waals surface area (Å²) in [7, 11) is 1.54. The lowest BCUT2D eigenvalue weighted by Gasteiger charge is -2.22. The van der Waals surface area contributed by atoms with Gasteiger partial charge in [0.05, 0.1) is 13.2 Å². The summed E-state index contributed by atoms with van der Waals surface area (Å²) in [5, 5.41) is 3.36. The zero-order chi connectivity index (χ0) is 15.2. The van der Waals surface area contributed by atoms with E-state index >= 15 is 0 Å². The predicted molar refractivity (Wildman–Crippen MR) is 82.1 cm³/mol. The molecule has 1 unspecified atom stereocenters. The summed E-state index contributed by atoms with van der Waals surface area (Å²) in [6.07, 6.45) is 4.46. The van der Waals surface area contributed by atoms with Crippen molar-refractivity contribution in [1.82, 2.24) is 10.3 Å². The van der Waals surface area contributed by atoms with Gasteiger partial charge in [-0.3, -0.25) is 4.98 Å². The molecule has 1 N–H and O–H groups in total. The van der Waals surface area contributed by atoms with Crippen molar-refractivity contribution in [2.75, 3.05) is 13.7 Å². The molecule has 0 saturated heterocycles. The van der Waals surface area contributed by atoms with Crippen LogP contribution in [-0.4, -0.2) is 18.6 Å². The molecule has 0 spiro atoms. The van der Waals surface area contributed by atoms with Crippen molar-refractivity contribution in [3.63, 3.8) is 0 Å². The fraction of sp³-hybridized carbons (Fsp3) is 0.353. The molecular formula is C17H21FN2O. The van der Waals surface area contributed by atoms with Crippen LogP contribution >= 0.6 is 0 Å². The number of hydrogen-bond donors (Lipinski definition) is 1. The molecule has 0 aliphatic heterocycles. The summed E-state index contributed by atoms with van der Waals surface area (Å²) in [6.45, 7) is 4.84. The van der Waals surface area contributed by atoms with Gasteiger partial charge in [-0.1, -0.05) is 19.9 Å². The van der Waals surface area contributed by atoms with E-state index < -0.39 is 0 Å². The number of aromatic nitrogens is 1. The summed E-state index contributed by atoms with van der Waals surface area (Å²) >= 11 is 0. The van der Waals surface area contributed by atoms with E-state index in [9.17, 15) is 4.39 Å². The normalized spacial score (nSPS) is 12.2. The third-order valence-electron chi connectivity index (χ3n) is 3.56. The van der Waals surface area contributed by atoms with Crippen molar-refractivity contribution >= 4 is 0 Å². The Balaban J connectivity index is 2.48. The molecule has 2 rings (SSSR count). The van der Waals surface area contributed by atoms with Gasteiger partial charge in [0.15, 0.2) is 0 Å². The Bertz CT molecular complexity index is 601. The molecule has 1 atom stereocenters. The Labute approximate surface area is 125 Å². The first-order valence-corrected chi connectivity index (χ1v) is 7.20. The molecule has 4 heteroatoms. The first-order valence-electron chi connectivity index (χ1n) is 7.20. The minimum Gasteiger partial charge on any atom is -0.497 e. The topological polar surface area (TPSA) is 34.1 Å². The van der Waals surface area contributed by atoms with Crippen molar-refractivity contribution < 1.29 is 9.13 Å². The molecule has 0 aliphatic carbocycles. The second-order valence-corrected chi connectivity index (χ2v) is 4.81. The summed E-state index contributed by atoms with van der Waals surface area (Å²) in [5.41, 5.74) is 2.82. The Morgan fingerprint density at radius 1 is 1.24 bits per heavy atom. The van der Waals surface area contributed by atoms with E-state index in [1.54, 1.807) is 18.3 Å². The average Bonchev–Trinajstić information content (AvgIpc) is 2.53. The maximum Gasteiger partial charge on any atom is 0.132 e. The molecule has 1 aromatic carbocycles. The van der Waals surface area contributed by atoms with Crippen LogP contribution < -0.4 is 10.1 Å². The minimum atomic E-state index is -0.265. The van der Waals surface area contributed by atoms with E-state index in [2.05, 4.69) is 17.2 Å². The molecule has 21 heavy (non-hydrogen) atoms. The molecule has 0 bridgehead atoms. The maximum absolute atomic E-state index is 14.4. The highest BCUT2D eigenvalue weighted by Gasteiger charge is 2.19. The van der Waals surface area contributed by atoms with Crippen LogP contribution in [0.4, 0.5) is 4.39 Å². The Morgan fingerprint density at radius 2 is 2.05 bits per heavy atom. The number of rotatable bonds is 6. The van der Waals surface area contributed by atoms with Crippen LogP contribution in [-0.2, 0) is 6.42 Å². The average molecular weight is 288 g/mol. The van der Waals surface area contributed by atoms with Crippen LogP contribution in [0.1, 0.15) is 36.6 Å². The van der Waals surface area contributed by atoms with Gasteiger partial charge in [0.1, 0.15) is 11.6 Å². The quantitative estimate of drug-likeness (QED) is 0.883. The second-order valence-electron chi connectivity index (χ2n) is 4.81. The molecule has 0 aliphatic rings. The standard InChI is InChI=1S/C17H21FN2O/c1-4-12-11-19-9-8-14(12)17(20-5-2)15-7-6-13(21-3)10-16(15)18/h6-11,17,20H,4-5H2,1-3H3. The number of hydrogen-bond acceptors (Lipinski definition) is 3. The Kier molecular flexibility index (Phi) is 5.28. The van der Waals surface area contributed by atoms with Crippen LogP contribution in [0.3, 0.4) is 0 Å². The highest BCUT2D eigenvalue weighted by molar-refractivity contribution is 5.39. The monoisotopic (exact) mass is 288 g/mol.